The fraction of sp³-hybridized carbons (Fsp3) is 0.0625. The summed E-state index contributed by atoms with van der Waals surface area (Å²) in [6, 6.07) is 12.5. The molecule has 4 rings (SSSR count). The van der Waals surface area contributed by atoms with Gasteiger partial charge in [0.05, 0.1) is 23.2 Å². The number of ether oxygens (including phenoxy) is 1. The lowest BCUT2D eigenvalue weighted by Crippen LogP contribution is -2.19. The number of nitrogens with zero attached hydrogens (tertiary/aromatic N) is 1. The van der Waals surface area contributed by atoms with E-state index in [-0.39, 0.29) is 4.90 Å². The van der Waals surface area contributed by atoms with Crippen LogP contribution in [-0.4, -0.2) is 20.5 Å². The average molecular weight is 312 g/mol. The minimum Gasteiger partial charge on any atom is -0.496 e. The van der Waals surface area contributed by atoms with Crippen LogP contribution in [-0.2, 0) is 10.0 Å². The quantitative estimate of drug-likeness (QED) is 0.750. The van der Waals surface area contributed by atoms with E-state index >= 15 is 0 Å². The van der Waals surface area contributed by atoms with Gasteiger partial charge in [0.15, 0.2) is 0 Å². The number of hydrogen-bond donors (Lipinski definition) is 1. The van der Waals surface area contributed by atoms with Gasteiger partial charge in [-0.2, -0.15) is 0 Å². The highest BCUT2D eigenvalue weighted by Crippen LogP contribution is 2.43. The Morgan fingerprint density at radius 2 is 1.86 bits per heavy atom. The van der Waals surface area contributed by atoms with Crippen molar-refractivity contribution in [3.63, 3.8) is 0 Å². The minimum absolute atomic E-state index is 0.282. The molecule has 2 heterocycles. The molecule has 1 aromatic heterocycles. The summed E-state index contributed by atoms with van der Waals surface area (Å²) in [5, 5.41) is 0.769. The number of nitrogens with one attached hydrogen (secondary N) is 1. The first-order valence-electron chi connectivity index (χ1n) is 6.70. The average Bonchev–Trinajstić information content (AvgIpc) is 2.54. The van der Waals surface area contributed by atoms with Gasteiger partial charge in [0, 0.05) is 22.7 Å². The monoisotopic (exact) mass is 312 g/mol. The van der Waals surface area contributed by atoms with Crippen molar-refractivity contribution in [1.82, 2.24) is 4.98 Å². The number of pyridine rings is 1. The standard InChI is InChI=1S/C16H12N2O3S/c1-21-13-8-9-17-15-12(13)7-6-11-10-4-2-3-5-14(10)22(19,20)18-16(11)15/h2-9,18H,1H3. The Bertz CT molecular complexity index is 1010. The Labute approximate surface area is 127 Å². The van der Waals surface area contributed by atoms with Gasteiger partial charge in [-0.1, -0.05) is 24.3 Å². The van der Waals surface area contributed by atoms with E-state index in [1.165, 1.54) is 0 Å². The van der Waals surface area contributed by atoms with E-state index < -0.39 is 10.0 Å². The SMILES string of the molecule is COc1ccnc2c3c(ccc12)-c1ccccc1S(=O)(=O)N3. The van der Waals surface area contributed by atoms with E-state index in [0.717, 1.165) is 10.9 Å². The summed E-state index contributed by atoms with van der Waals surface area (Å²) in [7, 11) is -2.02. The van der Waals surface area contributed by atoms with E-state index in [1.54, 1.807) is 37.6 Å². The third-order valence-corrected chi connectivity index (χ3v) is 5.20. The summed E-state index contributed by atoms with van der Waals surface area (Å²) in [6.45, 7) is 0. The predicted molar refractivity (Wildman–Crippen MR) is 84.5 cm³/mol. The molecule has 110 valence electrons. The summed E-state index contributed by atoms with van der Waals surface area (Å²) < 4.78 is 32.9. The second kappa shape index (κ2) is 4.45. The molecular formula is C16H12N2O3S. The maximum Gasteiger partial charge on any atom is 0.262 e. The zero-order valence-corrected chi connectivity index (χ0v) is 12.5. The smallest absolute Gasteiger partial charge is 0.262 e. The van der Waals surface area contributed by atoms with Gasteiger partial charge in [0.1, 0.15) is 5.75 Å². The van der Waals surface area contributed by atoms with Gasteiger partial charge in [-0.25, -0.2) is 8.42 Å². The second-order valence-corrected chi connectivity index (χ2v) is 6.65. The Morgan fingerprint density at radius 3 is 2.68 bits per heavy atom. The maximum atomic E-state index is 12.5. The molecule has 1 aliphatic rings. The van der Waals surface area contributed by atoms with Crippen molar-refractivity contribution in [1.29, 1.82) is 0 Å². The number of methoxy groups -OCH3 is 1. The van der Waals surface area contributed by atoms with Gasteiger partial charge < -0.3 is 4.74 Å². The fourth-order valence-electron chi connectivity index (χ4n) is 2.81. The van der Waals surface area contributed by atoms with Crippen molar-refractivity contribution in [3.8, 4) is 16.9 Å². The molecule has 0 amide bonds. The number of anilines is 1. The lowest BCUT2D eigenvalue weighted by Gasteiger charge is -2.22. The molecule has 0 atom stereocenters. The van der Waals surface area contributed by atoms with Crippen molar-refractivity contribution < 1.29 is 13.2 Å². The van der Waals surface area contributed by atoms with Crippen molar-refractivity contribution in [3.05, 3.63) is 48.7 Å². The van der Waals surface area contributed by atoms with Gasteiger partial charge in [0.2, 0.25) is 0 Å². The van der Waals surface area contributed by atoms with E-state index in [4.69, 9.17) is 4.74 Å². The number of aromatic nitrogens is 1. The number of rotatable bonds is 1. The first-order valence-corrected chi connectivity index (χ1v) is 8.18. The summed E-state index contributed by atoms with van der Waals surface area (Å²) in [5.41, 5.74) is 2.58. The van der Waals surface area contributed by atoms with E-state index in [0.29, 0.717) is 22.5 Å². The molecule has 2 aromatic carbocycles. The number of sulfonamides is 1. The predicted octanol–water partition coefficient (Wildman–Crippen LogP) is 3.02. The van der Waals surface area contributed by atoms with Gasteiger partial charge in [-0.05, 0) is 18.2 Å². The van der Waals surface area contributed by atoms with E-state index in [9.17, 15) is 8.42 Å². The Balaban J connectivity index is 2.14. The van der Waals surface area contributed by atoms with Gasteiger partial charge in [-0.15, -0.1) is 0 Å². The van der Waals surface area contributed by atoms with Crippen LogP contribution in [0.2, 0.25) is 0 Å². The van der Waals surface area contributed by atoms with Crippen LogP contribution in [0.4, 0.5) is 5.69 Å². The molecule has 22 heavy (non-hydrogen) atoms. The first kappa shape index (κ1) is 13.1. The lowest BCUT2D eigenvalue weighted by molar-refractivity contribution is 0.419. The van der Waals surface area contributed by atoms with Crippen LogP contribution >= 0.6 is 0 Å². The highest BCUT2D eigenvalue weighted by Gasteiger charge is 2.28. The summed E-state index contributed by atoms with van der Waals surface area (Å²) in [6.07, 6.45) is 1.61. The van der Waals surface area contributed by atoms with Crippen LogP contribution < -0.4 is 9.46 Å². The van der Waals surface area contributed by atoms with E-state index in [2.05, 4.69) is 9.71 Å². The highest BCUT2D eigenvalue weighted by atomic mass is 32.2. The molecule has 0 radical (unpaired) electrons. The molecule has 0 bridgehead atoms. The van der Waals surface area contributed by atoms with Crippen molar-refractivity contribution in [2.24, 2.45) is 0 Å². The maximum absolute atomic E-state index is 12.5. The fourth-order valence-corrected chi connectivity index (χ4v) is 4.12. The normalized spacial score (nSPS) is 14.8. The van der Waals surface area contributed by atoms with Gasteiger partial charge in [-0.3, -0.25) is 9.71 Å². The summed E-state index contributed by atoms with van der Waals surface area (Å²) >= 11 is 0. The minimum atomic E-state index is -3.60. The molecule has 6 heteroatoms. The molecule has 1 aliphatic heterocycles. The van der Waals surface area contributed by atoms with Crippen LogP contribution in [0.5, 0.6) is 5.75 Å². The molecule has 0 spiro atoms. The topological polar surface area (TPSA) is 68.3 Å². The zero-order valence-electron chi connectivity index (χ0n) is 11.7. The summed E-state index contributed by atoms with van der Waals surface area (Å²) in [5.74, 6) is 0.658. The van der Waals surface area contributed by atoms with Crippen molar-refractivity contribution in [2.75, 3.05) is 11.8 Å². The second-order valence-electron chi connectivity index (χ2n) is 5.00. The molecule has 0 unspecified atom stereocenters. The van der Waals surface area contributed by atoms with Crippen LogP contribution in [0.15, 0.2) is 53.6 Å². The number of hydrogen-bond acceptors (Lipinski definition) is 4. The molecular weight excluding hydrogens is 300 g/mol. The third-order valence-electron chi connectivity index (χ3n) is 3.80. The van der Waals surface area contributed by atoms with Crippen LogP contribution in [0, 0.1) is 0 Å². The van der Waals surface area contributed by atoms with Gasteiger partial charge >= 0.3 is 0 Å². The highest BCUT2D eigenvalue weighted by molar-refractivity contribution is 7.93. The van der Waals surface area contributed by atoms with Crippen LogP contribution in [0.1, 0.15) is 0 Å². The van der Waals surface area contributed by atoms with Crippen LogP contribution in [0.3, 0.4) is 0 Å². The number of benzene rings is 2. The molecule has 0 saturated heterocycles. The van der Waals surface area contributed by atoms with Crippen molar-refractivity contribution >= 4 is 26.6 Å². The molecule has 0 aliphatic carbocycles. The van der Waals surface area contributed by atoms with Crippen molar-refractivity contribution in [2.45, 2.75) is 4.90 Å². The van der Waals surface area contributed by atoms with Gasteiger partial charge in [0.25, 0.3) is 10.0 Å². The van der Waals surface area contributed by atoms with E-state index in [1.807, 2.05) is 18.2 Å². The molecule has 0 fully saturated rings. The number of fused-ring (bicyclic) bond motifs is 5. The Hall–Kier alpha value is -2.60. The zero-order chi connectivity index (χ0) is 15.3. The third kappa shape index (κ3) is 1.70. The largest absolute Gasteiger partial charge is 0.496 e. The summed E-state index contributed by atoms with van der Waals surface area (Å²) in [4.78, 5) is 4.62. The molecule has 1 N–H and O–H groups in total. The molecule has 5 nitrogen and oxygen atoms in total. The lowest BCUT2D eigenvalue weighted by atomic mass is 10.0. The van der Waals surface area contributed by atoms with Crippen LogP contribution in [0.25, 0.3) is 22.0 Å². The Morgan fingerprint density at radius 1 is 1.05 bits per heavy atom. The molecule has 0 saturated carbocycles. The Kier molecular flexibility index (Phi) is 2.65. The molecule has 3 aromatic rings. The first-order chi connectivity index (χ1) is 10.6.